The van der Waals surface area contributed by atoms with Crippen molar-refractivity contribution in [3.63, 3.8) is 0 Å². The molecule has 9 heteroatoms. The van der Waals surface area contributed by atoms with Crippen LogP contribution in [-0.2, 0) is 17.9 Å². The third-order valence-corrected chi connectivity index (χ3v) is 5.75. The molecule has 7 nitrogen and oxygen atoms in total. The van der Waals surface area contributed by atoms with Crippen LogP contribution >= 0.6 is 15.9 Å². The van der Waals surface area contributed by atoms with E-state index in [0.29, 0.717) is 29.2 Å². The van der Waals surface area contributed by atoms with Crippen LogP contribution < -0.4 is 14.9 Å². The highest BCUT2D eigenvalue weighted by Gasteiger charge is 2.12. The molecule has 0 atom stereocenters. The van der Waals surface area contributed by atoms with E-state index < -0.39 is 0 Å². The quantitative estimate of drug-likeness (QED) is 0.344. The summed E-state index contributed by atoms with van der Waals surface area (Å²) < 4.78 is 27.7. The van der Waals surface area contributed by atoms with E-state index >= 15 is 0 Å². The summed E-state index contributed by atoms with van der Waals surface area (Å²) in [6.45, 7) is 6.18. The zero-order chi connectivity index (χ0) is 23.1. The molecule has 0 saturated carbocycles. The molecule has 0 aliphatic carbocycles. The van der Waals surface area contributed by atoms with Crippen LogP contribution in [0.3, 0.4) is 0 Å². The van der Waals surface area contributed by atoms with Gasteiger partial charge in [-0.05, 0) is 66.5 Å². The molecule has 3 aromatic rings. The number of carbonyl (C=O) groups excluding carboxylic acids is 1. The summed E-state index contributed by atoms with van der Waals surface area (Å²) in [4.78, 5) is 12.2. The van der Waals surface area contributed by atoms with Crippen LogP contribution in [0.25, 0.3) is 0 Å². The van der Waals surface area contributed by atoms with E-state index in [0.717, 1.165) is 15.9 Å². The number of carbonyl (C=O) groups is 1. The SMILES string of the molecule is CCOc1cc(/C=N/NC(=O)Cn2nc(C)c(Br)c2C)ccc1OCc1ccccc1F. The van der Waals surface area contributed by atoms with Gasteiger partial charge < -0.3 is 9.47 Å². The van der Waals surface area contributed by atoms with Gasteiger partial charge in [0.05, 0.1) is 28.7 Å². The van der Waals surface area contributed by atoms with Gasteiger partial charge in [-0.3, -0.25) is 9.48 Å². The van der Waals surface area contributed by atoms with Crippen LogP contribution in [0.15, 0.2) is 52.0 Å². The molecule has 0 aliphatic heterocycles. The van der Waals surface area contributed by atoms with Crippen LogP contribution in [0.4, 0.5) is 4.39 Å². The molecule has 0 saturated heterocycles. The predicted octanol–water partition coefficient (Wildman–Crippen LogP) is 4.53. The number of hydrazone groups is 1. The Hall–Kier alpha value is -3.20. The number of halogens is 2. The second kappa shape index (κ2) is 10.9. The highest BCUT2D eigenvalue weighted by atomic mass is 79.9. The highest BCUT2D eigenvalue weighted by molar-refractivity contribution is 9.10. The van der Waals surface area contributed by atoms with E-state index in [9.17, 15) is 9.18 Å². The number of nitrogens with one attached hydrogen (secondary N) is 1. The molecule has 1 N–H and O–H groups in total. The monoisotopic (exact) mass is 502 g/mol. The lowest BCUT2D eigenvalue weighted by atomic mass is 10.2. The van der Waals surface area contributed by atoms with Crippen molar-refractivity contribution in [3.8, 4) is 11.5 Å². The summed E-state index contributed by atoms with van der Waals surface area (Å²) in [7, 11) is 0. The maximum atomic E-state index is 13.8. The Balaban J connectivity index is 1.62. The number of amides is 1. The topological polar surface area (TPSA) is 77.7 Å². The number of hydrogen-bond donors (Lipinski definition) is 1. The Kier molecular flexibility index (Phi) is 7.99. The van der Waals surface area contributed by atoms with Gasteiger partial charge in [0, 0.05) is 5.56 Å². The normalized spacial score (nSPS) is 11.0. The summed E-state index contributed by atoms with van der Waals surface area (Å²) in [6.07, 6.45) is 1.51. The molecule has 0 radical (unpaired) electrons. The Bertz CT molecular complexity index is 1130. The van der Waals surface area contributed by atoms with Gasteiger partial charge in [-0.15, -0.1) is 0 Å². The third kappa shape index (κ3) is 5.94. The first-order chi connectivity index (χ1) is 15.4. The van der Waals surface area contributed by atoms with Crippen LogP contribution in [-0.4, -0.2) is 28.5 Å². The fourth-order valence-corrected chi connectivity index (χ4v) is 3.23. The average Bonchev–Trinajstić information content (AvgIpc) is 3.01. The van der Waals surface area contributed by atoms with Gasteiger partial charge in [0.1, 0.15) is 19.0 Å². The molecule has 0 bridgehead atoms. The summed E-state index contributed by atoms with van der Waals surface area (Å²) in [5.41, 5.74) is 5.35. The summed E-state index contributed by atoms with van der Waals surface area (Å²) >= 11 is 3.44. The second-order valence-electron chi connectivity index (χ2n) is 6.95. The minimum Gasteiger partial charge on any atom is -0.490 e. The lowest BCUT2D eigenvalue weighted by molar-refractivity contribution is -0.121. The van der Waals surface area contributed by atoms with Crippen LogP contribution in [0.1, 0.15) is 29.4 Å². The van der Waals surface area contributed by atoms with E-state index in [1.54, 1.807) is 41.1 Å². The molecule has 32 heavy (non-hydrogen) atoms. The first-order valence-electron chi connectivity index (χ1n) is 10.0. The Labute approximate surface area is 194 Å². The van der Waals surface area contributed by atoms with Crippen molar-refractivity contribution in [2.75, 3.05) is 6.61 Å². The maximum absolute atomic E-state index is 13.8. The molecular formula is C23H24BrFN4O3. The molecule has 1 aromatic heterocycles. The van der Waals surface area contributed by atoms with Crippen LogP contribution in [0, 0.1) is 19.7 Å². The van der Waals surface area contributed by atoms with E-state index in [1.165, 1.54) is 12.3 Å². The van der Waals surface area contributed by atoms with E-state index in [1.807, 2.05) is 20.8 Å². The molecule has 1 amide bonds. The minimum absolute atomic E-state index is 0.0582. The summed E-state index contributed by atoms with van der Waals surface area (Å²) in [5, 5.41) is 8.32. The molecule has 1 heterocycles. The van der Waals surface area contributed by atoms with Crippen LogP contribution in [0.5, 0.6) is 11.5 Å². The van der Waals surface area contributed by atoms with E-state index in [2.05, 4.69) is 31.6 Å². The summed E-state index contributed by atoms with van der Waals surface area (Å²) in [5.74, 6) is 0.380. The number of aryl methyl sites for hydroxylation is 1. The third-order valence-electron chi connectivity index (χ3n) is 4.60. The highest BCUT2D eigenvalue weighted by Crippen LogP contribution is 2.29. The summed E-state index contributed by atoms with van der Waals surface area (Å²) in [6, 6.07) is 11.7. The van der Waals surface area contributed by atoms with Crippen molar-refractivity contribution < 1.29 is 18.7 Å². The zero-order valence-corrected chi connectivity index (χ0v) is 19.6. The number of aromatic nitrogens is 2. The Morgan fingerprint density at radius 2 is 2.00 bits per heavy atom. The maximum Gasteiger partial charge on any atom is 0.261 e. The van der Waals surface area contributed by atoms with Crippen molar-refractivity contribution in [1.82, 2.24) is 15.2 Å². The number of ether oxygens (including phenoxy) is 2. The number of benzene rings is 2. The van der Waals surface area contributed by atoms with Crippen molar-refractivity contribution in [2.24, 2.45) is 5.10 Å². The van der Waals surface area contributed by atoms with Gasteiger partial charge in [0.25, 0.3) is 5.91 Å². The van der Waals surface area contributed by atoms with Crippen LogP contribution in [0.2, 0.25) is 0 Å². The predicted molar refractivity (Wildman–Crippen MR) is 123 cm³/mol. The minimum atomic E-state index is -0.322. The first kappa shape index (κ1) is 23.5. The smallest absolute Gasteiger partial charge is 0.261 e. The number of rotatable bonds is 9. The molecule has 3 rings (SSSR count). The first-order valence-corrected chi connectivity index (χ1v) is 10.8. The second-order valence-corrected chi connectivity index (χ2v) is 7.75. The van der Waals surface area contributed by atoms with E-state index in [4.69, 9.17) is 9.47 Å². The van der Waals surface area contributed by atoms with Gasteiger partial charge in [0.2, 0.25) is 0 Å². The zero-order valence-electron chi connectivity index (χ0n) is 18.1. The van der Waals surface area contributed by atoms with Gasteiger partial charge in [-0.2, -0.15) is 10.2 Å². The molecule has 0 spiro atoms. The van der Waals surface area contributed by atoms with Gasteiger partial charge in [-0.25, -0.2) is 9.82 Å². The fourth-order valence-electron chi connectivity index (χ4n) is 2.94. The molecule has 168 valence electrons. The lowest BCUT2D eigenvalue weighted by Crippen LogP contribution is -2.24. The van der Waals surface area contributed by atoms with Crippen molar-refractivity contribution in [1.29, 1.82) is 0 Å². The van der Waals surface area contributed by atoms with Crippen molar-refractivity contribution in [3.05, 3.63) is 75.3 Å². The standard InChI is InChI=1S/C23H24BrFN4O3/c1-4-31-21-11-17(9-10-20(21)32-14-18-7-5-6-8-19(18)25)12-26-27-22(30)13-29-16(3)23(24)15(2)28-29/h5-12H,4,13-14H2,1-3H3,(H,27,30)/b26-12+. The van der Waals surface area contributed by atoms with E-state index in [-0.39, 0.29) is 24.9 Å². The fraction of sp³-hybridized carbons (Fsp3) is 0.261. The molecule has 0 unspecified atom stereocenters. The van der Waals surface area contributed by atoms with Crippen molar-refractivity contribution >= 4 is 28.1 Å². The molecule has 0 aliphatic rings. The van der Waals surface area contributed by atoms with Crippen molar-refractivity contribution in [2.45, 2.75) is 33.9 Å². The molecular weight excluding hydrogens is 479 g/mol. The number of hydrogen-bond acceptors (Lipinski definition) is 5. The average molecular weight is 503 g/mol. The Morgan fingerprint density at radius 3 is 2.69 bits per heavy atom. The van der Waals surface area contributed by atoms with Gasteiger partial charge >= 0.3 is 0 Å². The largest absolute Gasteiger partial charge is 0.490 e. The van der Waals surface area contributed by atoms with Gasteiger partial charge in [0.15, 0.2) is 11.5 Å². The number of nitrogens with zero attached hydrogens (tertiary/aromatic N) is 3. The lowest BCUT2D eigenvalue weighted by Gasteiger charge is -2.13. The molecule has 2 aromatic carbocycles. The molecule has 0 fully saturated rings. The van der Waals surface area contributed by atoms with Gasteiger partial charge in [-0.1, -0.05) is 18.2 Å². The Morgan fingerprint density at radius 1 is 1.22 bits per heavy atom.